The summed E-state index contributed by atoms with van der Waals surface area (Å²) in [5, 5.41) is 6.91. The van der Waals surface area contributed by atoms with E-state index in [0.29, 0.717) is 11.1 Å². The van der Waals surface area contributed by atoms with Crippen LogP contribution in [0, 0.1) is 4.91 Å². The van der Waals surface area contributed by atoms with E-state index in [1.54, 1.807) is 12.3 Å². The molecule has 5 heteroatoms. The minimum atomic E-state index is -0.451. The van der Waals surface area contributed by atoms with Crippen molar-refractivity contribution >= 4 is 22.5 Å². The van der Waals surface area contributed by atoms with Crippen LogP contribution in [0.2, 0.25) is 0 Å². The molecule has 0 radical (unpaired) electrons. The van der Waals surface area contributed by atoms with Crippen LogP contribution in [-0.4, -0.2) is 10.9 Å². The lowest BCUT2D eigenvalue weighted by atomic mass is 9.95. The van der Waals surface area contributed by atoms with E-state index in [0.717, 1.165) is 10.9 Å². The second-order valence-corrected chi connectivity index (χ2v) is 5.21. The zero-order valence-corrected chi connectivity index (χ0v) is 12.6. The van der Waals surface area contributed by atoms with E-state index in [4.69, 9.17) is 0 Å². The van der Waals surface area contributed by atoms with Gasteiger partial charge in [0.2, 0.25) is 5.91 Å². The van der Waals surface area contributed by atoms with Crippen molar-refractivity contribution in [2.75, 3.05) is 0 Å². The Hall–Kier alpha value is -3.08. The zero-order valence-electron chi connectivity index (χ0n) is 12.6. The normalized spacial score (nSPS) is 11.9. The van der Waals surface area contributed by atoms with Crippen molar-refractivity contribution in [2.24, 2.45) is 5.18 Å². The van der Waals surface area contributed by atoms with E-state index in [2.05, 4.69) is 15.5 Å². The van der Waals surface area contributed by atoms with Gasteiger partial charge in [-0.2, -0.15) is 0 Å². The minimum Gasteiger partial charge on any atom is -0.345 e. The Bertz CT molecular complexity index is 863. The van der Waals surface area contributed by atoms with Gasteiger partial charge in [0.05, 0.1) is 11.6 Å². The third-order valence-corrected chi connectivity index (χ3v) is 3.66. The first kappa shape index (κ1) is 14.8. The Morgan fingerprint density at radius 3 is 2.57 bits per heavy atom. The third kappa shape index (κ3) is 2.94. The summed E-state index contributed by atoms with van der Waals surface area (Å²) >= 11 is 0. The van der Waals surface area contributed by atoms with E-state index < -0.39 is 6.04 Å². The van der Waals surface area contributed by atoms with Crippen LogP contribution in [-0.2, 0) is 4.79 Å². The number of hydrogen-bond acceptors (Lipinski definition) is 4. The number of carbonyl (C=O) groups is 1. The second kappa shape index (κ2) is 6.36. The lowest BCUT2D eigenvalue weighted by Crippen LogP contribution is -2.27. The van der Waals surface area contributed by atoms with E-state index in [9.17, 15) is 9.70 Å². The Kier molecular flexibility index (Phi) is 4.10. The fourth-order valence-electron chi connectivity index (χ4n) is 2.66. The summed E-state index contributed by atoms with van der Waals surface area (Å²) in [6, 6.07) is 16.4. The molecule has 1 N–H and O–H groups in total. The molecular weight excluding hydrogens is 290 g/mol. The summed E-state index contributed by atoms with van der Waals surface area (Å²) in [7, 11) is 0. The van der Waals surface area contributed by atoms with Crippen LogP contribution in [0.15, 0.2) is 66.0 Å². The fourth-order valence-corrected chi connectivity index (χ4v) is 2.66. The van der Waals surface area contributed by atoms with Gasteiger partial charge in [-0.15, -0.1) is 4.91 Å². The number of aromatic nitrogens is 1. The summed E-state index contributed by atoms with van der Waals surface area (Å²) in [6.07, 6.45) is 1.62. The molecule has 1 heterocycles. The molecule has 0 aliphatic rings. The first-order valence-electron chi connectivity index (χ1n) is 7.23. The number of nitrogens with zero attached hydrogens (tertiary/aromatic N) is 2. The van der Waals surface area contributed by atoms with E-state index >= 15 is 0 Å². The maximum atomic E-state index is 11.6. The number of benzene rings is 2. The lowest BCUT2D eigenvalue weighted by Gasteiger charge is -2.20. The Labute approximate surface area is 133 Å². The van der Waals surface area contributed by atoms with Crippen molar-refractivity contribution in [3.05, 3.63) is 76.8 Å². The van der Waals surface area contributed by atoms with Gasteiger partial charge < -0.3 is 5.32 Å². The molecule has 3 aromatic rings. The van der Waals surface area contributed by atoms with Crippen LogP contribution in [0.25, 0.3) is 10.9 Å². The highest BCUT2D eigenvalue weighted by Gasteiger charge is 2.21. The summed E-state index contributed by atoms with van der Waals surface area (Å²) < 4.78 is 0. The van der Waals surface area contributed by atoms with Crippen molar-refractivity contribution < 1.29 is 4.79 Å². The molecule has 0 bridgehead atoms. The number of carbonyl (C=O) groups excluding carboxylic acids is 1. The highest BCUT2D eigenvalue weighted by molar-refractivity contribution is 5.91. The third-order valence-electron chi connectivity index (χ3n) is 3.66. The molecule has 3 rings (SSSR count). The molecule has 23 heavy (non-hydrogen) atoms. The van der Waals surface area contributed by atoms with Gasteiger partial charge in [-0.1, -0.05) is 48.5 Å². The van der Waals surface area contributed by atoms with Gasteiger partial charge in [0, 0.05) is 24.1 Å². The van der Waals surface area contributed by atoms with Gasteiger partial charge in [-0.3, -0.25) is 9.78 Å². The average molecular weight is 305 g/mol. The molecule has 114 valence electrons. The number of hydrogen-bond donors (Lipinski definition) is 1. The SMILES string of the molecule is CC(=O)NC(c1ccccc1)c1ccc2cccnc2c1N=O. The van der Waals surface area contributed by atoms with Crippen molar-refractivity contribution in [2.45, 2.75) is 13.0 Å². The molecule has 0 spiro atoms. The number of rotatable bonds is 4. The van der Waals surface area contributed by atoms with Crippen molar-refractivity contribution in [3.8, 4) is 0 Å². The lowest BCUT2D eigenvalue weighted by molar-refractivity contribution is -0.119. The summed E-state index contributed by atoms with van der Waals surface area (Å²) in [6.45, 7) is 1.45. The number of fused-ring (bicyclic) bond motifs is 1. The van der Waals surface area contributed by atoms with Gasteiger partial charge in [-0.05, 0) is 16.8 Å². The maximum Gasteiger partial charge on any atom is 0.217 e. The Morgan fingerprint density at radius 1 is 1.09 bits per heavy atom. The second-order valence-electron chi connectivity index (χ2n) is 5.21. The predicted molar refractivity (Wildman–Crippen MR) is 89.3 cm³/mol. The quantitative estimate of drug-likeness (QED) is 0.744. The Balaban J connectivity index is 2.21. The van der Waals surface area contributed by atoms with Gasteiger partial charge in [0.25, 0.3) is 0 Å². The first-order valence-corrected chi connectivity index (χ1v) is 7.23. The molecule has 1 aromatic heterocycles. The van der Waals surface area contributed by atoms with Gasteiger partial charge in [-0.25, -0.2) is 0 Å². The molecule has 1 atom stereocenters. The molecule has 0 aliphatic carbocycles. The van der Waals surface area contributed by atoms with Crippen LogP contribution in [0.3, 0.4) is 0 Å². The van der Waals surface area contributed by atoms with Crippen LogP contribution in [0.5, 0.6) is 0 Å². The van der Waals surface area contributed by atoms with Gasteiger partial charge >= 0.3 is 0 Å². The molecule has 5 nitrogen and oxygen atoms in total. The molecule has 2 aromatic carbocycles. The molecular formula is C18H15N3O2. The topological polar surface area (TPSA) is 71.4 Å². The summed E-state index contributed by atoms with van der Waals surface area (Å²) in [5.41, 5.74) is 2.30. The van der Waals surface area contributed by atoms with Gasteiger partial charge in [0.15, 0.2) is 0 Å². The first-order chi connectivity index (χ1) is 11.2. The van der Waals surface area contributed by atoms with Gasteiger partial charge in [0.1, 0.15) is 5.69 Å². The van der Waals surface area contributed by atoms with E-state index in [1.165, 1.54) is 6.92 Å². The highest BCUT2D eigenvalue weighted by Crippen LogP contribution is 2.35. The summed E-state index contributed by atoms with van der Waals surface area (Å²) in [5.74, 6) is -0.184. The standard InChI is InChI=1S/C18H15N3O2/c1-12(22)20-16(13-6-3-2-4-7-13)15-10-9-14-8-5-11-19-17(14)18(15)21-23/h2-11,16H,1H3,(H,20,22). The molecule has 1 amide bonds. The minimum absolute atomic E-state index is 0.184. The van der Waals surface area contributed by atoms with Crippen LogP contribution < -0.4 is 5.32 Å². The predicted octanol–water partition coefficient (Wildman–Crippen LogP) is 3.86. The van der Waals surface area contributed by atoms with Crippen LogP contribution >= 0.6 is 0 Å². The molecule has 0 saturated heterocycles. The number of pyridine rings is 1. The number of nitrogens with one attached hydrogen (secondary N) is 1. The number of nitroso groups, excluding NO2 is 1. The van der Waals surface area contributed by atoms with E-state index in [-0.39, 0.29) is 11.6 Å². The number of amides is 1. The van der Waals surface area contributed by atoms with Crippen LogP contribution in [0.1, 0.15) is 24.1 Å². The molecule has 0 fully saturated rings. The molecule has 0 saturated carbocycles. The van der Waals surface area contributed by atoms with Crippen molar-refractivity contribution in [1.82, 2.24) is 10.3 Å². The molecule has 0 aliphatic heterocycles. The molecule has 1 unspecified atom stereocenters. The average Bonchev–Trinajstić information content (AvgIpc) is 2.59. The van der Waals surface area contributed by atoms with Crippen molar-refractivity contribution in [1.29, 1.82) is 0 Å². The summed E-state index contributed by atoms with van der Waals surface area (Å²) in [4.78, 5) is 27.4. The van der Waals surface area contributed by atoms with E-state index in [1.807, 2.05) is 48.5 Å². The Morgan fingerprint density at radius 2 is 1.87 bits per heavy atom. The fraction of sp³-hybridized carbons (Fsp3) is 0.111. The smallest absolute Gasteiger partial charge is 0.217 e. The highest BCUT2D eigenvalue weighted by atomic mass is 16.3. The monoisotopic (exact) mass is 305 g/mol. The zero-order chi connectivity index (χ0) is 16.2. The van der Waals surface area contributed by atoms with Crippen molar-refractivity contribution in [3.63, 3.8) is 0 Å². The van der Waals surface area contributed by atoms with Crippen LogP contribution in [0.4, 0.5) is 5.69 Å². The maximum absolute atomic E-state index is 11.6. The largest absolute Gasteiger partial charge is 0.345 e.